The van der Waals surface area contributed by atoms with Crippen molar-refractivity contribution in [2.24, 2.45) is 0 Å². The summed E-state index contributed by atoms with van der Waals surface area (Å²) in [7, 11) is 0. The van der Waals surface area contributed by atoms with Crippen molar-refractivity contribution in [3.8, 4) is 21.8 Å². The number of thiazole rings is 1. The number of benzene rings is 1. The van der Waals surface area contributed by atoms with Gasteiger partial charge in [-0.05, 0) is 40.2 Å². The summed E-state index contributed by atoms with van der Waals surface area (Å²) in [6.45, 7) is 0. The molecule has 0 saturated heterocycles. The van der Waals surface area contributed by atoms with Gasteiger partial charge in [0.05, 0.1) is 10.2 Å². The van der Waals surface area contributed by atoms with Gasteiger partial charge in [-0.2, -0.15) is 0 Å². The minimum Gasteiger partial charge on any atom is -0.477 e. The fraction of sp³-hybridized carbons (Fsp3) is 0. The van der Waals surface area contributed by atoms with E-state index < -0.39 is 5.97 Å². The Kier molecular flexibility index (Phi) is 3.60. The summed E-state index contributed by atoms with van der Waals surface area (Å²) in [5.74, 6) is -1.34. The third-order valence-electron chi connectivity index (χ3n) is 2.88. The number of rotatable bonds is 3. The first-order valence-electron chi connectivity index (χ1n) is 5.87. The minimum atomic E-state index is -1.01. The van der Waals surface area contributed by atoms with E-state index >= 15 is 0 Å². The van der Waals surface area contributed by atoms with Gasteiger partial charge in [0.2, 0.25) is 0 Å². The van der Waals surface area contributed by atoms with Crippen molar-refractivity contribution in [2.45, 2.75) is 0 Å². The van der Waals surface area contributed by atoms with Gasteiger partial charge in [-0.25, -0.2) is 14.2 Å². The van der Waals surface area contributed by atoms with Crippen LogP contribution in [0.3, 0.4) is 0 Å². The zero-order valence-corrected chi connectivity index (χ0v) is 12.8. The third-order valence-corrected chi connectivity index (χ3v) is 4.38. The molecular formula is C14H8BrFN2O2S. The monoisotopic (exact) mass is 366 g/mol. The Morgan fingerprint density at radius 2 is 2.14 bits per heavy atom. The van der Waals surface area contributed by atoms with E-state index in [4.69, 9.17) is 5.11 Å². The SMILES string of the molecule is O=C(O)c1cc(-c2csc(-c3ccc(F)c(Br)c3)n2)c[nH]1. The normalized spacial score (nSPS) is 10.8. The highest BCUT2D eigenvalue weighted by atomic mass is 79.9. The van der Waals surface area contributed by atoms with Crippen molar-refractivity contribution < 1.29 is 14.3 Å². The van der Waals surface area contributed by atoms with E-state index in [9.17, 15) is 9.18 Å². The van der Waals surface area contributed by atoms with Crippen molar-refractivity contribution in [3.63, 3.8) is 0 Å². The Morgan fingerprint density at radius 1 is 1.33 bits per heavy atom. The molecule has 0 radical (unpaired) electrons. The molecular weight excluding hydrogens is 359 g/mol. The molecule has 3 rings (SSSR count). The molecule has 0 fully saturated rings. The molecule has 0 aliphatic carbocycles. The molecule has 0 aliphatic rings. The standard InChI is InChI=1S/C14H8BrFN2O2S/c15-9-3-7(1-2-10(9)16)13-18-12(6-21-13)8-4-11(14(19)20)17-5-8/h1-6,17H,(H,19,20). The first kappa shape index (κ1) is 14.0. The van der Waals surface area contributed by atoms with E-state index in [2.05, 4.69) is 25.9 Å². The van der Waals surface area contributed by atoms with Crippen LogP contribution in [0.25, 0.3) is 21.8 Å². The van der Waals surface area contributed by atoms with E-state index in [0.29, 0.717) is 15.7 Å². The largest absolute Gasteiger partial charge is 0.477 e. The fourth-order valence-corrected chi connectivity index (χ4v) is 3.04. The van der Waals surface area contributed by atoms with Crippen LogP contribution >= 0.6 is 27.3 Å². The molecule has 0 unspecified atom stereocenters. The number of nitrogens with zero attached hydrogens (tertiary/aromatic N) is 1. The van der Waals surface area contributed by atoms with E-state index in [-0.39, 0.29) is 11.5 Å². The molecule has 0 bridgehead atoms. The average molecular weight is 367 g/mol. The van der Waals surface area contributed by atoms with Gasteiger partial charge in [-0.1, -0.05) is 0 Å². The smallest absolute Gasteiger partial charge is 0.352 e. The summed E-state index contributed by atoms with van der Waals surface area (Å²) in [5.41, 5.74) is 2.30. The van der Waals surface area contributed by atoms with E-state index in [1.807, 2.05) is 5.38 Å². The van der Waals surface area contributed by atoms with Gasteiger partial charge < -0.3 is 10.1 Å². The number of carbonyl (C=O) groups is 1. The predicted octanol–water partition coefficient (Wildman–Crippen LogP) is 4.41. The van der Waals surface area contributed by atoms with Gasteiger partial charge in [-0.15, -0.1) is 11.3 Å². The topological polar surface area (TPSA) is 66.0 Å². The maximum atomic E-state index is 13.2. The van der Waals surface area contributed by atoms with Crippen LogP contribution in [0.4, 0.5) is 4.39 Å². The van der Waals surface area contributed by atoms with Gasteiger partial charge in [0, 0.05) is 22.7 Å². The summed E-state index contributed by atoms with van der Waals surface area (Å²) in [4.78, 5) is 18.0. The van der Waals surface area contributed by atoms with Crippen LogP contribution in [-0.4, -0.2) is 21.0 Å². The van der Waals surface area contributed by atoms with Gasteiger partial charge >= 0.3 is 5.97 Å². The molecule has 21 heavy (non-hydrogen) atoms. The molecule has 0 amide bonds. The number of hydrogen-bond acceptors (Lipinski definition) is 3. The molecule has 0 saturated carbocycles. The molecule has 0 aliphatic heterocycles. The van der Waals surface area contributed by atoms with E-state index in [1.165, 1.54) is 23.5 Å². The van der Waals surface area contributed by atoms with Gasteiger partial charge in [0.25, 0.3) is 0 Å². The number of H-pyrrole nitrogens is 1. The van der Waals surface area contributed by atoms with Gasteiger partial charge in [0.15, 0.2) is 0 Å². The van der Waals surface area contributed by atoms with Crippen LogP contribution in [0, 0.1) is 5.82 Å². The number of hydrogen-bond donors (Lipinski definition) is 2. The van der Waals surface area contributed by atoms with E-state index in [0.717, 1.165) is 10.6 Å². The quantitative estimate of drug-likeness (QED) is 0.721. The Morgan fingerprint density at radius 3 is 2.81 bits per heavy atom. The van der Waals surface area contributed by atoms with Crippen molar-refractivity contribution in [1.29, 1.82) is 0 Å². The zero-order valence-electron chi connectivity index (χ0n) is 10.4. The highest BCUT2D eigenvalue weighted by Gasteiger charge is 2.12. The van der Waals surface area contributed by atoms with Crippen LogP contribution in [0.2, 0.25) is 0 Å². The molecule has 2 aromatic heterocycles. The summed E-state index contributed by atoms with van der Waals surface area (Å²) < 4.78 is 13.6. The molecule has 7 heteroatoms. The molecule has 4 nitrogen and oxygen atoms in total. The second-order valence-corrected chi connectivity index (χ2v) is 5.99. The summed E-state index contributed by atoms with van der Waals surface area (Å²) >= 11 is 4.56. The molecule has 2 N–H and O–H groups in total. The number of halogens is 2. The lowest BCUT2D eigenvalue weighted by Gasteiger charge is -1.98. The molecule has 0 spiro atoms. The summed E-state index contributed by atoms with van der Waals surface area (Å²) in [5, 5.41) is 11.5. The molecule has 106 valence electrons. The van der Waals surface area contributed by atoms with Crippen LogP contribution in [0.5, 0.6) is 0 Å². The predicted molar refractivity (Wildman–Crippen MR) is 82.0 cm³/mol. The van der Waals surface area contributed by atoms with Gasteiger partial charge in [-0.3, -0.25) is 0 Å². The van der Waals surface area contributed by atoms with Crippen molar-refractivity contribution in [2.75, 3.05) is 0 Å². The number of nitrogens with one attached hydrogen (secondary N) is 1. The molecule has 0 atom stereocenters. The van der Waals surface area contributed by atoms with Crippen LogP contribution < -0.4 is 0 Å². The first-order chi connectivity index (χ1) is 10.0. The van der Waals surface area contributed by atoms with Crippen LogP contribution in [0.15, 0.2) is 40.3 Å². The molecule has 3 aromatic rings. The lowest BCUT2D eigenvalue weighted by atomic mass is 10.2. The number of carboxylic acids is 1. The maximum absolute atomic E-state index is 13.2. The Labute approximate surface area is 131 Å². The van der Waals surface area contributed by atoms with Crippen molar-refractivity contribution in [1.82, 2.24) is 9.97 Å². The second kappa shape index (κ2) is 5.42. The molecule has 2 heterocycles. The summed E-state index contributed by atoms with van der Waals surface area (Å²) in [6.07, 6.45) is 1.60. The third kappa shape index (κ3) is 2.74. The zero-order chi connectivity index (χ0) is 15.0. The summed E-state index contributed by atoms with van der Waals surface area (Å²) in [6, 6.07) is 6.22. The number of aromatic amines is 1. The Hall–Kier alpha value is -1.99. The average Bonchev–Trinajstić information content (AvgIpc) is 3.09. The van der Waals surface area contributed by atoms with Crippen LogP contribution in [-0.2, 0) is 0 Å². The number of carboxylic acid groups (broad SMARTS) is 1. The van der Waals surface area contributed by atoms with Crippen molar-refractivity contribution in [3.05, 3.63) is 51.8 Å². The highest BCUT2D eigenvalue weighted by Crippen LogP contribution is 2.31. The van der Waals surface area contributed by atoms with Gasteiger partial charge in [0.1, 0.15) is 16.5 Å². The Bertz CT molecular complexity index is 828. The van der Waals surface area contributed by atoms with Crippen LogP contribution in [0.1, 0.15) is 10.5 Å². The molecule has 1 aromatic carbocycles. The highest BCUT2D eigenvalue weighted by molar-refractivity contribution is 9.10. The number of aromatic nitrogens is 2. The second-order valence-electron chi connectivity index (χ2n) is 4.27. The fourth-order valence-electron chi connectivity index (χ4n) is 1.83. The number of aromatic carboxylic acids is 1. The lowest BCUT2D eigenvalue weighted by molar-refractivity contribution is 0.0691. The lowest BCUT2D eigenvalue weighted by Crippen LogP contribution is -1.94. The first-order valence-corrected chi connectivity index (χ1v) is 7.55. The van der Waals surface area contributed by atoms with Crippen molar-refractivity contribution >= 4 is 33.2 Å². The minimum absolute atomic E-state index is 0.115. The Balaban J connectivity index is 1.95. The van der Waals surface area contributed by atoms with E-state index in [1.54, 1.807) is 18.3 Å². The maximum Gasteiger partial charge on any atom is 0.352 e.